The van der Waals surface area contributed by atoms with Gasteiger partial charge in [-0.25, -0.2) is 9.98 Å². The molecule has 0 spiro atoms. The van der Waals surface area contributed by atoms with Gasteiger partial charge in [-0.05, 0) is 48.6 Å². The molecule has 1 aromatic carbocycles. The van der Waals surface area contributed by atoms with E-state index < -0.39 is 0 Å². The number of hydrogen-bond acceptors (Lipinski definition) is 5. The molecule has 1 aliphatic rings. The second-order valence-electron chi connectivity index (χ2n) is 4.62. The van der Waals surface area contributed by atoms with Crippen LogP contribution in [0.1, 0.15) is 25.6 Å². The maximum Gasteiger partial charge on any atom is 0.185 e. The molecule has 1 aliphatic heterocycles. The lowest BCUT2D eigenvalue weighted by Gasteiger charge is -2.04. The average Bonchev–Trinajstić information content (AvgIpc) is 2.79. The van der Waals surface area contributed by atoms with Gasteiger partial charge in [-0.1, -0.05) is 12.1 Å². The van der Waals surface area contributed by atoms with Crippen molar-refractivity contribution in [1.29, 1.82) is 0 Å². The summed E-state index contributed by atoms with van der Waals surface area (Å²) in [4.78, 5) is 10.6. The maximum absolute atomic E-state index is 4.58. The first kappa shape index (κ1) is 13.2. The van der Waals surface area contributed by atoms with Crippen LogP contribution in [-0.4, -0.2) is 25.1 Å². The molecule has 6 nitrogen and oxygen atoms in total. The minimum atomic E-state index is 0.184. The first-order valence-electron chi connectivity index (χ1n) is 6.23. The molecular weight excluding hydrogens is 367 g/mol. The normalized spacial score (nSPS) is 13.7. The topological polar surface area (TPSA) is 67.5 Å². The predicted molar refractivity (Wildman–Crippen MR) is 88.8 cm³/mol. The van der Waals surface area contributed by atoms with E-state index in [9.17, 15) is 0 Å². The van der Waals surface area contributed by atoms with Gasteiger partial charge in [-0.15, -0.1) is 10.2 Å². The smallest absolute Gasteiger partial charge is 0.185 e. The predicted octanol–water partition coefficient (Wildman–Crippen LogP) is 3.46. The summed E-state index contributed by atoms with van der Waals surface area (Å²) in [5, 5.41) is 12.2. The number of rotatable bonds is 1. The molecule has 0 fully saturated rings. The van der Waals surface area contributed by atoms with Gasteiger partial charge in [0.15, 0.2) is 17.3 Å². The molecule has 0 saturated heterocycles. The van der Waals surface area contributed by atoms with Crippen molar-refractivity contribution in [1.82, 2.24) is 15.0 Å². The van der Waals surface area contributed by atoms with Crippen LogP contribution in [-0.2, 0) is 0 Å². The van der Waals surface area contributed by atoms with Gasteiger partial charge < -0.3 is 5.32 Å². The fourth-order valence-electron chi connectivity index (χ4n) is 1.90. The highest BCUT2D eigenvalue weighted by molar-refractivity contribution is 14.1. The second-order valence-corrected chi connectivity index (χ2v) is 5.17. The molecule has 0 aliphatic carbocycles. The lowest BCUT2D eigenvalue weighted by atomic mass is 10.3. The Kier molecular flexibility index (Phi) is 3.51. The highest BCUT2D eigenvalue weighted by Crippen LogP contribution is 2.32. The molecular formula is C13H13IN6. The SMILES string of the molecule is CC(C)n1nc2c(n1)C(/N=C/I)=Nc1ccccc1N2. The van der Waals surface area contributed by atoms with Crippen molar-refractivity contribution in [3.8, 4) is 0 Å². The Bertz CT molecular complexity index is 701. The quantitative estimate of drug-likeness (QED) is 0.609. The van der Waals surface area contributed by atoms with Crippen LogP contribution in [0.4, 0.5) is 17.2 Å². The van der Waals surface area contributed by atoms with Crippen LogP contribution in [0.25, 0.3) is 0 Å². The molecule has 102 valence electrons. The molecule has 0 atom stereocenters. The van der Waals surface area contributed by atoms with Crippen molar-refractivity contribution in [3.05, 3.63) is 30.0 Å². The van der Waals surface area contributed by atoms with Gasteiger partial charge in [-0.2, -0.15) is 4.80 Å². The van der Waals surface area contributed by atoms with Crippen molar-refractivity contribution >= 4 is 49.8 Å². The average molecular weight is 380 g/mol. The first-order valence-corrected chi connectivity index (χ1v) is 7.48. The summed E-state index contributed by atoms with van der Waals surface area (Å²) in [5.74, 6) is 1.25. The van der Waals surface area contributed by atoms with Gasteiger partial charge >= 0.3 is 0 Å². The zero-order chi connectivity index (χ0) is 14.1. The van der Waals surface area contributed by atoms with E-state index in [1.54, 1.807) is 9.02 Å². The lowest BCUT2D eigenvalue weighted by molar-refractivity contribution is 0.467. The van der Waals surface area contributed by atoms with Crippen LogP contribution < -0.4 is 5.32 Å². The number of nitrogens with zero attached hydrogens (tertiary/aromatic N) is 5. The zero-order valence-corrected chi connectivity index (χ0v) is 13.2. The molecule has 0 bridgehead atoms. The van der Waals surface area contributed by atoms with Crippen LogP contribution in [0, 0.1) is 0 Å². The maximum atomic E-state index is 4.58. The fraction of sp³-hybridized carbons (Fsp3) is 0.231. The lowest BCUT2D eigenvalue weighted by Crippen LogP contribution is -2.06. The number of aromatic nitrogens is 3. The van der Waals surface area contributed by atoms with Crippen molar-refractivity contribution in [2.75, 3.05) is 5.32 Å². The van der Waals surface area contributed by atoms with Gasteiger partial charge in [-0.3, -0.25) is 0 Å². The summed E-state index contributed by atoms with van der Waals surface area (Å²) in [5.41, 5.74) is 2.41. The van der Waals surface area contributed by atoms with E-state index in [0.717, 1.165) is 11.4 Å². The summed E-state index contributed by atoms with van der Waals surface area (Å²) in [6, 6.07) is 7.99. The monoisotopic (exact) mass is 380 g/mol. The largest absolute Gasteiger partial charge is 0.335 e. The molecule has 1 N–H and O–H groups in total. The molecule has 0 saturated carbocycles. The van der Waals surface area contributed by atoms with E-state index >= 15 is 0 Å². The standard InChI is InChI=1S/C13H13IN6/c1-8(2)20-18-11-12(15-7-14)16-9-5-3-4-6-10(9)17-13(11)19-20/h3-8H,1-2H3,(H,17,19)/b15-7+. The third kappa shape index (κ3) is 2.33. The summed E-state index contributed by atoms with van der Waals surface area (Å²) >= 11 is 2.07. The highest BCUT2D eigenvalue weighted by Gasteiger charge is 2.21. The van der Waals surface area contributed by atoms with Gasteiger partial charge in [0.25, 0.3) is 0 Å². The number of aliphatic imine (C=N–C) groups is 2. The highest BCUT2D eigenvalue weighted by atomic mass is 127. The Balaban J connectivity index is 2.19. The second kappa shape index (κ2) is 5.31. The van der Waals surface area contributed by atoms with Crippen LogP contribution >= 0.6 is 22.6 Å². The van der Waals surface area contributed by atoms with Crippen molar-refractivity contribution in [2.45, 2.75) is 19.9 Å². The molecule has 20 heavy (non-hydrogen) atoms. The minimum absolute atomic E-state index is 0.184. The van der Waals surface area contributed by atoms with Gasteiger partial charge in [0, 0.05) is 0 Å². The van der Waals surface area contributed by atoms with Crippen LogP contribution in [0.15, 0.2) is 34.3 Å². The van der Waals surface area contributed by atoms with E-state index in [1.807, 2.05) is 38.1 Å². The van der Waals surface area contributed by atoms with Crippen LogP contribution in [0.3, 0.4) is 0 Å². The number of nitrogens with one attached hydrogen (secondary N) is 1. The zero-order valence-electron chi connectivity index (χ0n) is 11.1. The van der Waals surface area contributed by atoms with Crippen LogP contribution in [0.2, 0.25) is 0 Å². The number of benzene rings is 1. The molecule has 3 rings (SSSR count). The number of hydrogen-bond donors (Lipinski definition) is 1. The Labute approximate surface area is 130 Å². The first-order chi connectivity index (χ1) is 9.69. The molecule has 2 aromatic rings. The van der Waals surface area contributed by atoms with E-state index in [2.05, 4.69) is 48.1 Å². The third-order valence-corrected chi connectivity index (χ3v) is 3.14. The summed E-state index contributed by atoms with van der Waals surface area (Å²) in [7, 11) is 0. The number of halogens is 1. The van der Waals surface area contributed by atoms with Gasteiger partial charge in [0.2, 0.25) is 0 Å². The Morgan fingerprint density at radius 3 is 2.85 bits per heavy atom. The Morgan fingerprint density at radius 1 is 1.30 bits per heavy atom. The van der Waals surface area contributed by atoms with Gasteiger partial charge in [0.1, 0.15) is 0 Å². The Morgan fingerprint density at radius 2 is 2.10 bits per heavy atom. The molecule has 0 amide bonds. The summed E-state index contributed by atoms with van der Waals surface area (Å²) in [6.07, 6.45) is 0. The van der Waals surface area contributed by atoms with Crippen LogP contribution in [0.5, 0.6) is 0 Å². The fourth-order valence-corrected chi connectivity index (χ4v) is 2.16. The van der Waals surface area contributed by atoms with Gasteiger partial charge in [0.05, 0.1) is 21.6 Å². The van der Waals surface area contributed by atoms with Crippen molar-refractivity contribution < 1.29 is 0 Å². The minimum Gasteiger partial charge on any atom is -0.335 e. The molecule has 0 radical (unpaired) electrons. The van der Waals surface area contributed by atoms with Crippen molar-refractivity contribution in [2.24, 2.45) is 9.98 Å². The summed E-state index contributed by atoms with van der Waals surface area (Å²) < 4.78 is 1.68. The number of para-hydroxylation sites is 2. The molecule has 2 heterocycles. The third-order valence-electron chi connectivity index (χ3n) is 2.86. The van der Waals surface area contributed by atoms with Crippen molar-refractivity contribution in [3.63, 3.8) is 0 Å². The number of anilines is 2. The van der Waals surface area contributed by atoms with E-state index in [0.29, 0.717) is 17.3 Å². The Hall–Kier alpha value is -1.77. The molecule has 7 heteroatoms. The van der Waals surface area contributed by atoms with E-state index in [-0.39, 0.29) is 6.04 Å². The number of amidine groups is 1. The van der Waals surface area contributed by atoms with E-state index in [4.69, 9.17) is 0 Å². The molecule has 0 unspecified atom stereocenters. The van der Waals surface area contributed by atoms with E-state index in [1.165, 1.54) is 0 Å². The number of fused-ring (bicyclic) bond motifs is 2. The summed E-state index contributed by atoms with van der Waals surface area (Å²) in [6.45, 7) is 4.07. The molecule has 1 aromatic heterocycles.